The molecule has 0 aliphatic rings. The normalized spacial score (nSPS) is 13.4. The summed E-state index contributed by atoms with van der Waals surface area (Å²) in [5, 5.41) is 6.09. The van der Waals surface area contributed by atoms with E-state index in [1.165, 1.54) is 0 Å². The molecule has 6 nitrogen and oxygen atoms in total. The lowest BCUT2D eigenvalue weighted by Crippen LogP contribution is -2.27. The van der Waals surface area contributed by atoms with Gasteiger partial charge in [0.2, 0.25) is 0 Å². The van der Waals surface area contributed by atoms with Crippen LogP contribution in [-0.2, 0) is 5.41 Å². The Balaban J connectivity index is 2.13. The zero-order chi connectivity index (χ0) is 17.4. The van der Waals surface area contributed by atoms with Gasteiger partial charge in [-0.3, -0.25) is 4.79 Å². The summed E-state index contributed by atoms with van der Waals surface area (Å²) in [5.74, 6) is 0.00690. The van der Waals surface area contributed by atoms with Crippen molar-refractivity contribution in [2.24, 2.45) is 0 Å². The van der Waals surface area contributed by atoms with Gasteiger partial charge in [-0.1, -0.05) is 25.9 Å². The van der Waals surface area contributed by atoms with E-state index in [-0.39, 0.29) is 11.2 Å². The molecule has 2 rings (SSSR count). The topological polar surface area (TPSA) is 81.2 Å². The maximum atomic E-state index is 12.4. The lowest BCUT2D eigenvalue weighted by atomic mass is 9.93. The van der Waals surface area contributed by atoms with E-state index in [2.05, 4.69) is 20.0 Å². The number of amides is 1. The van der Waals surface area contributed by atoms with Crippen LogP contribution in [0.5, 0.6) is 0 Å². The van der Waals surface area contributed by atoms with Crippen molar-refractivity contribution in [2.75, 3.05) is 0 Å². The fourth-order valence-electron chi connectivity index (χ4n) is 1.93. The van der Waals surface area contributed by atoms with Crippen molar-refractivity contribution in [1.29, 1.82) is 0 Å². The summed E-state index contributed by atoms with van der Waals surface area (Å²) < 4.78 is 34.9. The largest absolute Gasteiger partial charge is 0.465 e. The van der Waals surface area contributed by atoms with Gasteiger partial charge < -0.3 is 14.3 Å². The molecule has 0 aromatic carbocycles. The number of carbonyl (C=O) groups is 1. The van der Waals surface area contributed by atoms with Gasteiger partial charge in [-0.05, 0) is 19.9 Å². The number of alkyl halides is 2. The number of nitrogens with zero attached hydrogens (tertiary/aromatic N) is 2. The number of rotatable bonds is 4. The van der Waals surface area contributed by atoms with Gasteiger partial charge in [-0.15, -0.1) is 0 Å². The van der Waals surface area contributed by atoms with E-state index in [1.54, 1.807) is 19.9 Å². The van der Waals surface area contributed by atoms with Crippen LogP contribution in [0.25, 0.3) is 0 Å². The molecule has 1 atom stereocenters. The number of carbonyl (C=O) groups excluding carboxylic acids is 1. The Morgan fingerprint density at radius 1 is 1.35 bits per heavy atom. The van der Waals surface area contributed by atoms with Crippen molar-refractivity contribution in [3.05, 3.63) is 34.9 Å². The van der Waals surface area contributed by atoms with E-state index >= 15 is 0 Å². The minimum Gasteiger partial charge on any atom is -0.465 e. The molecule has 0 saturated heterocycles. The first-order valence-electron chi connectivity index (χ1n) is 7.13. The predicted octanol–water partition coefficient (Wildman–Crippen LogP) is 3.70. The van der Waals surface area contributed by atoms with E-state index in [4.69, 9.17) is 4.42 Å². The Hall–Kier alpha value is -2.25. The van der Waals surface area contributed by atoms with Crippen LogP contribution in [0, 0.1) is 6.92 Å². The van der Waals surface area contributed by atoms with Gasteiger partial charge in [0.25, 0.3) is 11.8 Å². The summed E-state index contributed by atoms with van der Waals surface area (Å²) in [6.45, 7) is 9.19. The van der Waals surface area contributed by atoms with Crippen LogP contribution in [0.3, 0.4) is 0 Å². The lowest BCUT2D eigenvalue weighted by molar-refractivity contribution is 0.0935. The van der Waals surface area contributed by atoms with E-state index in [0.29, 0.717) is 17.1 Å². The van der Waals surface area contributed by atoms with E-state index in [1.807, 2.05) is 20.8 Å². The van der Waals surface area contributed by atoms with Gasteiger partial charge >= 0.3 is 6.43 Å². The molecule has 1 unspecified atom stereocenters. The van der Waals surface area contributed by atoms with Crippen LogP contribution in [0.15, 0.2) is 15.0 Å². The van der Waals surface area contributed by atoms with Crippen molar-refractivity contribution in [3.8, 4) is 0 Å². The standard InChI is InChI=1S/C15H19F2N3O3/c1-7(12-19-14(11(16)17)23-20-12)18-13(21)9-6-10(15(3,4)5)22-8(9)2/h6-7,11H,1-5H3,(H,18,21). The average Bonchev–Trinajstić information content (AvgIpc) is 3.04. The number of nitrogens with one attached hydrogen (secondary N) is 1. The van der Waals surface area contributed by atoms with Crippen LogP contribution >= 0.6 is 0 Å². The van der Waals surface area contributed by atoms with Gasteiger partial charge in [-0.2, -0.15) is 13.8 Å². The second kappa shape index (κ2) is 6.10. The molecule has 0 aliphatic carbocycles. The highest BCUT2D eigenvalue weighted by atomic mass is 19.3. The number of furan rings is 1. The molecule has 1 N–H and O–H groups in total. The number of aryl methyl sites for hydroxylation is 1. The maximum Gasteiger partial charge on any atom is 0.315 e. The van der Waals surface area contributed by atoms with Crippen LogP contribution in [0.4, 0.5) is 8.78 Å². The molecule has 126 valence electrons. The first-order chi connectivity index (χ1) is 10.6. The Labute approximate surface area is 132 Å². The molecule has 1 amide bonds. The second-order valence-corrected chi connectivity index (χ2v) is 6.32. The molecule has 2 aromatic heterocycles. The molecule has 23 heavy (non-hydrogen) atoms. The third-order valence-corrected chi connectivity index (χ3v) is 3.28. The van der Waals surface area contributed by atoms with Gasteiger partial charge in [0.15, 0.2) is 5.82 Å². The Morgan fingerprint density at radius 3 is 2.48 bits per heavy atom. The Bertz CT molecular complexity index is 701. The molecule has 0 saturated carbocycles. The predicted molar refractivity (Wildman–Crippen MR) is 77.3 cm³/mol. The molecule has 8 heteroatoms. The molecule has 0 aliphatic heterocycles. The summed E-state index contributed by atoms with van der Waals surface area (Å²) in [6.07, 6.45) is -2.84. The van der Waals surface area contributed by atoms with Crippen molar-refractivity contribution in [1.82, 2.24) is 15.5 Å². The molecule has 2 aromatic rings. The molecule has 0 radical (unpaired) electrons. The molecule has 0 spiro atoms. The fraction of sp³-hybridized carbons (Fsp3) is 0.533. The number of halogens is 2. The van der Waals surface area contributed by atoms with Gasteiger partial charge in [0.05, 0.1) is 11.6 Å². The van der Waals surface area contributed by atoms with Crippen molar-refractivity contribution in [2.45, 2.75) is 52.5 Å². The summed E-state index contributed by atoms with van der Waals surface area (Å²) in [5.41, 5.74) is 0.161. The molecule has 2 heterocycles. The Kier molecular flexibility index (Phi) is 4.53. The minimum absolute atomic E-state index is 0.00848. The summed E-state index contributed by atoms with van der Waals surface area (Å²) >= 11 is 0. The fourth-order valence-corrected chi connectivity index (χ4v) is 1.93. The Morgan fingerprint density at radius 2 is 2.00 bits per heavy atom. The minimum atomic E-state index is -2.84. The van der Waals surface area contributed by atoms with Gasteiger partial charge in [0, 0.05) is 5.41 Å². The van der Waals surface area contributed by atoms with Crippen molar-refractivity contribution in [3.63, 3.8) is 0 Å². The van der Waals surface area contributed by atoms with Crippen LogP contribution in [-0.4, -0.2) is 16.0 Å². The highest BCUT2D eigenvalue weighted by Crippen LogP contribution is 2.27. The monoisotopic (exact) mass is 327 g/mol. The number of hydrogen-bond donors (Lipinski definition) is 1. The zero-order valence-electron chi connectivity index (χ0n) is 13.6. The van der Waals surface area contributed by atoms with Crippen molar-refractivity contribution >= 4 is 5.91 Å². The molecular formula is C15H19F2N3O3. The van der Waals surface area contributed by atoms with Crippen LogP contribution in [0.1, 0.15) is 73.8 Å². The first-order valence-corrected chi connectivity index (χ1v) is 7.13. The summed E-state index contributed by atoms with van der Waals surface area (Å²) in [7, 11) is 0. The summed E-state index contributed by atoms with van der Waals surface area (Å²) in [4.78, 5) is 15.9. The average molecular weight is 327 g/mol. The number of hydrogen-bond acceptors (Lipinski definition) is 5. The smallest absolute Gasteiger partial charge is 0.315 e. The molecular weight excluding hydrogens is 308 g/mol. The third-order valence-electron chi connectivity index (χ3n) is 3.28. The van der Waals surface area contributed by atoms with Crippen LogP contribution in [0.2, 0.25) is 0 Å². The molecule has 0 fully saturated rings. The second-order valence-electron chi connectivity index (χ2n) is 6.32. The van der Waals surface area contributed by atoms with Crippen LogP contribution < -0.4 is 5.32 Å². The van der Waals surface area contributed by atoms with E-state index < -0.39 is 24.3 Å². The van der Waals surface area contributed by atoms with E-state index in [0.717, 1.165) is 0 Å². The lowest BCUT2D eigenvalue weighted by Gasteiger charge is -2.13. The van der Waals surface area contributed by atoms with Crippen molar-refractivity contribution < 1.29 is 22.5 Å². The number of aromatic nitrogens is 2. The van der Waals surface area contributed by atoms with Gasteiger partial charge in [-0.25, -0.2) is 0 Å². The zero-order valence-corrected chi connectivity index (χ0v) is 13.6. The van der Waals surface area contributed by atoms with Gasteiger partial charge in [0.1, 0.15) is 11.5 Å². The summed E-state index contributed by atoms with van der Waals surface area (Å²) in [6, 6.07) is 1.00. The quantitative estimate of drug-likeness (QED) is 0.926. The highest BCUT2D eigenvalue weighted by molar-refractivity contribution is 5.95. The first kappa shape index (κ1) is 17.1. The molecule has 0 bridgehead atoms. The SMILES string of the molecule is Cc1oc(C(C)(C)C)cc1C(=O)NC(C)c1noc(C(F)F)n1. The maximum absolute atomic E-state index is 12.4. The van der Waals surface area contributed by atoms with E-state index in [9.17, 15) is 13.6 Å². The highest BCUT2D eigenvalue weighted by Gasteiger charge is 2.25. The third kappa shape index (κ3) is 3.75.